The molecule has 214 valence electrons. The summed E-state index contributed by atoms with van der Waals surface area (Å²) in [6, 6.07) is 9.09. The van der Waals surface area contributed by atoms with Gasteiger partial charge in [-0.1, -0.05) is 25.1 Å². The van der Waals surface area contributed by atoms with E-state index in [4.69, 9.17) is 18.9 Å². The quantitative estimate of drug-likeness (QED) is 0.508. The van der Waals surface area contributed by atoms with Gasteiger partial charge >= 0.3 is 5.97 Å². The van der Waals surface area contributed by atoms with Crippen LogP contribution in [-0.4, -0.2) is 98.2 Å². The van der Waals surface area contributed by atoms with E-state index in [-0.39, 0.29) is 59.2 Å². The van der Waals surface area contributed by atoms with Crippen LogP contribution < -0.4 is 0 Å². The highest BCUT2D eigenvalue weighted by Gasteiger charge is 2.86. The maximum absolute atomic E-state index is 13.4. The molecule has 5 aliphatic carbocycles. The monoisotopic (exact) mass is 541 g/mol. The summed E-state index contributed by atoms with van der Waals surface area (Å²) in [5, 5.41) is 25.2. The molecule has 13 atom stereocenters. The lowest BCUT2D eigenvalue weighted by atomic mass is 9.43. The molecule has 0 aromatic heterocycles. The lowest BCUT2D eigenvalue weighted by Gasteiger charge is -2.68. The molecule has 2 N–H and O–H groups in total. The van der Waals surface area contributed by atoms with Crippen molar-refractivity contribution in [3.05, 3.63) is 35.9 Å². The van der Waals surface area contributed by atoms with Gasteiger partial charge in [-0.2, -0.15) is 0 Å². The standard InChI is InChI=1S/C31H43NO7/c1-5-32-15-29(16-36-2)12-11-21(33)31-19-13-18-20(37-3)14-30(35,23(27(31)32)25(38-4)26(29)31)22(19)24(18)39-28(34)17-9-7-6-8-10-17/h6-10,18-27,33,35H,5,11-16H2,1-4H3/t18-,19-,20+,21+,22-,23?,24+,25+,26-,27?,29+,30-,31?/m1/s1. The Hall–Kier alpha value is -1.55. The number of ether oxygens (including phenoxy) is 4. The van der Waals surface area contributed by atoms with E-state index in [1.165, 1.54) is 0 Å². The van der Waals surface area contributed by atoms with E-state index in [0.717, 1.165) is 25.9 Å². The fourth-order valence-corrected chi connectivity index (χ4v) is 11.6. The molecule has 8 nitrogen and oxygen atoms in total. The molecule has 1 spiro atoms. The molecule has 1 aliphatic heterocycles. The normalized spacial score (nSPS) is 51.1. The number of carbonyl (C=O) groups is 1. The fraction of sp³-hybridized carbons (Fsp3) is 0.774. The molecule has 1 saturated heterocycles. The largest absolute Gasteiger partial charge is 0.458 e. The van der Waals surface area contributed by atoms with Gasteiger partial charge in [-0.3, -0.25) is 4.90 Å². The zero-order valence-corrected chi connectivity index (χ0v) is 23.5. The number of hydrogen-bond acceptors (Lipinski definition) is 8. The molecule has 1 aromatic rings. The van der Waals surface area contributed by atoms with Crippen molar-refractivity contribution in [3.8, 4) is 0 Å². The minimum atomic E-state index is -1.15. The summed E-state index contributed by atoms with van der Waals surface area (Å²) >= 11 is 0. The number of methoxy groups -OCH3 is 3. The third kappa shape index (κ3) is 3.08. The molecule has 3 unspecified atom stereocenters. The van der Waals surface area contributed by atoms with E-state index in [0.29, 0.717) is 25.0 Å². The highest BCUT2D eigenvalue weighted by atomic mass is 16.6. The van der Waals surface area contributed by atoms with Crippen molar-refractivity contribution in [1.29, 1.82) is 0 Å². The van der Waals surface area contributed by atoms with Crippen LogP contribution in [0, 0.1) is 40.4 Å². The number of carbonyl (C=O) groups excluding carboxylic acids is 1. The van der Waals surface area contributed by atoms with E-state index in [2.05, 4.69) is 11.8 Å². The lowest BCUT2D eigenvalue weighted by molar-refractivity contribution is -0.272. The van der Waals surface area contributed by atoms with Crippen LogP contribution in [0.4, 0.5) is 0 Å². The summed E-state index contributed by atoms with van der Waals surface area (Å²) in [6.07, 6.45) is 1.36. The SMILES string of the molecule is CCN1C[C@]2(COC)CC[C@H](O)C34C1C([C@H](OC)[C@@H]32)[C@@]1(O)C[C@H](OC)[C@H]2C[C@@H]4[C@@H]1[C@H]2OC(=O)c1ccccc1. The maximum atomic E-state index is 13.4. The topological polar surface area (TPSA) is 97.7 Å². The Morgan fingerprint density at radius 1 is 1.10 bits per heavy atom. The molecule has 8 heteroatoms. The van der Waals surface area contributed by atoms with Crippen LogP contribution in [0.3, 0.4) is 0 Å². The van der Waals surface area contributed by atoms with Gasteiger partial charge in [0, 0.05) is 74.8 Å². The number of hydrogen-bond donors (Lipinski definition) is 2. The third-order valence-electron chi connectivity index (χ3n) is 12.3. The first-order valence-corrected chi connectivity index (χ1v) is 14.8. The number of piperidine rings is 1. The minimum Gasteiger partial charge on any atom is -0.458 e. The van der Waals surface area contributed by atoms with Crippen LogP contribution in [-0.2, 0) is 18.9 Å². The molecule has 5 saturated carbocycles. The van der Waals surface area contributed by atoms with Gasteiger partial charge in [0.1, 0.15) is 6.10 Å². The Labute approximate surface area is 230 Å². The highest BCUT2D eigenvalue weighted by Crippen LogP contribution is 2.79. The zero-order valence-electron chi connectivity index (χ0n) is 23.5. The smallest absolute Gasteiger partial charge is 0.338 e. The zero-order chi connectivity index (χ0) is 27.3. The molecule has 7 bridgehead atoms. The summed E-state index contributed by atoms with van der Waals surface area (Å²) in [7, 11) is 5.24. The van der Waals surface area contributed by atoms with Gasteiger partial charge in [0.2, 0.25) is 0 Å². The molecule has 0 amide bonds. The van der Waals surface area contributed by atoms with Gasteiger partial charge in [0.05, 0.1) is 36.1 Å². The summed E-state index contributed by atoms with van der Waals surface area (Å²) in [5.74, 6) is -0.869. The van der Waals surface area contributed by atoms with E-state index in [1.807, 2.05) is 18.2 Å². The number of esters is 1. The highest BCUT2D eigenvalue weighted by molar-refractivity contribution is 5.89. The van der Waals surface area contributed by atoms with Crippen molar-refractivity contribution in [2.75, 3.05) is 41.0 Å². The maximum Gasteiger partial charge on any atom is 0.338 e. The first kappa shape index (κ1) is 26.4. The van der Waals surface area contributed by atoms with Gasteiger partial charge in [-0.05, 0) is 43.9 Å². The van der Waals surface area contributed by atoms with Crippen molar-refractivity contribution >= 4 is 5.97 Å². The Bertz CT molecular complexity index is 1120. The Kier molecular flexibility index (Phi) is 6.06. The summed E-state index contributed by atoms with van der Waals surface area (Å²) < 4.78 is 24.8. The van der Waals surface area contributed by atoms with Gasteiger partial charge in [-0.15, -0.1) is 0 Å². The predicted molar refractivity (Wildman–Crippen MR) is 142 cm³/mol. The van der Waals surface area contributed by atoms with Gasteiger partial charge < -0.3 is 29.2 Å². The average molecular weight is 542 g/mol. The van der Waals surface area contributed by atoms with Crippen molar-refractivity contribution in [3.63, 3.8) is 0 Å². The number of aliphatic hydroxyl groups is 2. The van der Waals surface area contributed by atoms with Crippen molar-refractivity contribution < 1.29 is 34.0 Å². The first-order valence-electron chi connectivity index (χ1n) is 14.8. The first-order chi connectivity index (χ1) is 18.8. The van der Waals surface area contributed by atoms with Crippen LogP contribution in [0.5, 0.6) is 0 Å². The number of likely N-dealkylation sites (tertiary alicyclic amines) is 1. The minimum absolute atomic E-state index is 0.0104. The van der Waals surface area contributed by atoms with E-state index in [9.17, 15) is 15.0 Å². The second kappa shape index (κ2) is 8.97. The molecule has 39 heavy (non-hydrogen) atoms. The second-order valence-electron chi connectivity index (χ2n) is 13.3. The molecule has 6 fully saturated rings. The molecule has 6 aliphatic rings. The molecule has 0 radical (unpaired) electrons. The van der Waals surface area contributed by atoms with Crippen LogP contribution in [0.2, 0.25) is 0 Å². The van der Waals surface area contributed by atoms with E-state index < -0.39 is 23.2 Å². The molecule has 1 heterocycles. The van der Waals surface area contributed by atoms with Crippen molar-refractivity contribution in [1.82, 2.24) is 4.90 Å². The summed E-state index contributed by atoms with van der Waals surface area (Å²) in [6.45, 7) is 4.51. The van der Waals surface area contributed by atoms with E-state index in [1.54, 1.807) is 33.5 Å². The summed E-state index contributed by atoms with van der Waals surface area (Å²) in [5.41, 5.74) is -1.28. The molecular weight excluding hydrogens is 498 g/mol. The van der Waals surface area contributed by atoms with Crippen molar-refractivity contribution in [2.45, 2.75) is 68.7 Å². The number of fused-ring (bicyclic) bond motifs is 2. The van der Waals surface area contributed by atoms with Crippen LogP contribution >= 0.6 is 0 Å². The van der Waals surface area contributed by atoms with E-state index >= 15 is 0 Å². The van der Waals surface area contributed by atoms with Gasteiger partial charge in [0.25, 0.3) is 0 Å². The van der Waals surface area contributed by atoms with Crippen LogP contribution in [0.1, 0.15) is 43.0 Å². The number of nitrogens with zero attached hydrogens (tertiary/aromatic N) is 1. The van der Waals surface area contributed by atoms with Gasteiger partial charge in [-0.25, -0.2) is 4.79 Å². The Morgan fingerprint density at radius 3 is 2.54 bits per heavy atom. The van der Waals surface area contributed by atoms with Gasteiger partial charge in [0.15, 0.2) is 0 Å². The van der Waals surface area contributed by atoms with Crippen LogP contribution in [0.25, 0.3) is 0 Å². The second-order valence-corrected chi connectivity index (χ2v) is 13.3. The number of benzene rings is 1. The number of rotatable bonds is 7. The number of aliphatic hydroxyl groups excluding tert-OH is 1. The predicted octanol–water partition coefficient (Wildman–Crippen LogP) is 2.37. The molecule has 1 aromatic carbocycles. The third-order valence-corrected chi connectivity index (χ3v) is 12.3. The Morgan fingerprint density at radius 2 is 1.87 bits per heavy atom. The lowest BCUT2D eigenvalue weighted by Crippen LogP contribution is -2.76. The molecule has 7 rings (SSSR count). The fourth-order valence-electron chi connectivity index (χ4n) is 11.6. The van der Waals surface area contributed by atoms with Crippen LogP contribution in [0.15, 0.2) is 30.3 Å². The molecular formula is C31H43NO7. The summed E-state index contributed by atoms with van der Waals surface area (Å²) in [4.78, 5) is 15.9. The van der Waals surface area contributed by atoms with Crippen molar-refractivity contribution in [2.24, 2.45) is 40.4 Å². The Balaban J connectivity index is 1.41. The average Bonchev–Trinajstić information content (AvgIpc) is 3.38.